The van der Waals surface area contributed by atoms with Gasteiger partial charge in [0.1, 0.15) is 6.04 Å². The molecule has 14 heavy (non-hydrogen) atoms. The summed E-state index contributed by atoms with van der Waals surface area (Å²) < 4.78 is 0.928. The highest BCUT2D eigenvalue weighted by Gasteiger charge is 2.16. The van der Waals surface area contributed by atoms with Gasteiger partial charge in [-0.3, -0.25) is 4.79 Å². The summed E-state index contributed by atoms with van der Waals surface area (Å²) in [6.45, 7) is 1.94. The van der Waals surface area contributed by atoms with E-state index < -0.39 is 6.04 Å². The second-order valence-electron chi connectivity index (χ2n) is 3.09. The van der Waals surface area contributed by atoms with Crippen LogP contribution in [0.15, 0.2) is 22.7 Å². The summed E-state index contributed by atoms with van der Waals surface area (Å²) >= 11 is 3.35. The Kier molecular flexibility index (Phi) is 3.66. The molecule has 3 N–H and O–H groups in total. The number of carbonyl (C=O) groups excluding carboxylic acids is 1. The van der Waals surface area contributed by atoms with Crippen molar-refractivity contribution in [1.82, 2.24) is 5.32 Å². The Bertz CT molecular complexity index is 352. The van der Waals surface area contributed by atoms with Crippen LogP contribution in [0.1, 0.15) is 17.2 Å². The summed E-state index contributed by atoms with van der Waals surface area (Å²) in [5, 5.41) is 2.53. The van der Waals surface area contributed by atoms with Crippen molar-refractivity contribution in [2.45, 2.75) is 13.0 Å². The Balaban J connectivity index is 3.05. The van der Waals surface area contributed by atoms with Gasteiger partial charge in [-0.25, -0.2) is 0 Å². The molecule has 0 fully saturated rings. The van der Waals surface area contributed by atoms with E-state index in [1.165, 1.54) is 0 Å². The number of aryl methyl sites for hydroxylation is 1. The van der Waals surface area contributed by atoms with Crippen LogP contribution in [0.2, 0.25) is 0 Å². The zero-order chi connectivity index (χ0) is 10.7. The highest BCUT2D eigenvalue weighted by Crippen LogP contribution is 2.20. The fourth-order valence-corrected chi connectivity index (χ4v) is 1.62. The highest BCUT2D eigenvalue weighted by molar-refractivity contribution is 9.10. The fraction of sp³-hybridized carbons (Fsp3) is 0.300. The highest BCUT2D eigenvalue weighted by atomic mass is 79.9. The summed E-state index contributed by atoms with van der Waals surface area (Å²) in [5.41, 5.74) is 7.65. The van der Waals surface area contributed by atoms with Crippen LogP contribution in [-0.2, 0) is 4.79 Å². The number of nitrogens with two attached hydrogens (primary N) is 1. The van der Waals surface area contributed by atoms with E-state index in [1.54, 1.807) is 7.05 Å². The van der Waals surface area contributed by atoms with Crippen LogP contribution in [0.4, 0.5) is 0 Å². The van der Waals surface area contributed by atoms with E-state index in [-0.39, 0.29) is 5.91 Å². The second kappa shape index (κ2) is 4.57. The number of rotatable bonds is 2. The molecule has 0 radical (unpaired) electrons. The molecule has 0 aliphatic rings. The molecule has 3 nitrogen and oxygen atoms in total. The third-order valence-electron chi connectivity index (χ3n) is 2.11. The fourth-order valence-electron chi connectivity index (χ4n) is 1.24. The molecule has 76 valence electrons. The first kappa shape index (κ1) is 11.2. The molecule has 0 saturated heterocycles. The molecule has 0 aromatic heterocycles. The van der Waals surface area contributed by atoms with Gasteiger partial charge in [-0.15, -0.1) is 0 Å². The van der Waals surface area contributed by atoms with Crippen LogP contribution in [0.3, 0.4) is 0 Å². The second-order valence-corrected chi connectivity index (χ2v) is 4.01. The van der Waals surface area contributed by atoms with Crippen LogP contribution in [-0.4, -0.2) is 13.0 Å². The Hall–Kier alpha value is -0.870. The van der Waals surface area contributed by atoms with E-state index in [0.717, 1.165) is 15.6 Å². The molecule has 0 aliphatic carbocycles. The number of nitrogens with one attached hydrogen (secondary N) is 1. The summed E-state index contributed by atoms with van der Waals surface area (Å²) in [4.78, 5) is 11.3. The monoisotopic (exact) mass is 256 g/mol. The van der Waals surface area contributed by atoms with Gasteiger partial charge in [0, 0.05) is 11.5 Å². The van der Waals surface area contributed by atoms with Crippen molar-refractivity contribution in [1.29, 1.82) is 0 Å². The van der Waals surface area contributed by atoms with Gasteiger partial charge >= 0.3 is 0 Å². The van der Waals surface area contributed by atoms with E-state index in [0.29, 0.717) is 0 Å². The molecule has 1 aromatic carbocycles. The van der Waals surface area contributed by atoms with Gasteiger partial charge in [-0.2, -0.15) is 0 Å². The summed E-state index contributed by atoms with van der Waals surface area (Å²) in [5.74, 6) is -0.175. The Labute approximate surface area is 91.8 Å². The van der Waals surface area contributed by atoms with Gasteiger partial charge < -0.3 is 11.1 Å². The smallest absolute Gasteiger partial charge is 0.241 e. The normalized spacial score (nSPS) is 12.3. The van der Waals surface area contributed by atoms with Crippen molar-refractivity contribution in [2.24, 2.45) is 5.73 Å². The standard InChI is InChI=1S/C10H13BrN2O/c1-6-3-4-7(11)5-8(6)9(12)10(14)13-2/h3-5,9H,12H2,1-2H3,(H,13,14). The van der Waals surface area contributed by atoms with Gasteiger partial charge in [-0.1, -0.05) is 22.0 Å². The molecule has 1 unspecified atom stereocenters. The zero-order valence-electron chi connectivity index (χ0n) is 8.17. The molecular weight excluding hydrogens is 244 g/mol. The minimum absolute atomic E-state index is 0.175. The molecule has 1 amide bonds. The van der Waals surface area contributed by atoms with Gasteiger partial charge in [0.25, 0.3) is 0 Å². The number of benzene rings is 1. The maximum atomic E-state index is 11.3. The third-order valence-corrected chi connectivity index (χ3v) is 2.60. The molecular formula is C10H13BrN2O. The minimum Gasteiger partial charge on any atom is -0.358 e. The van der Waals surface area contributed by atoms with Gasteiger partial charge in [0.15, 0.2) is 0 Å². The lowest BCUT2D eigenvalue weighted by molar-refractivity contribution is -0.122. The Morgan fingerprint density at radius 3 is 2.79 bits per heavy atom. The molecule has 0 heterocycles. The van der Waals surface area contributed by atoms with E-state index >= 15 is 0 Å². The van der Waals surface area contributed by atoms with Crippen molar-refractivity contribution < 1.29 is 4.79 Å². The molecule has 0 bridgehead atoms. The number of amides is 1. The minimum atomic E-state index is -0.600. The van der Waals surface area contributed by atoms with E-state index in [1.807, 2.05) is 25.1 Å². The number of likely N-dealkylation sites (N-methyl/N-ethyl adjacent to an activating group) is 1. The number of hydrogen-bond donors (Lipinski definition) is 2. The van der Waals surface area contributed by atoms with Crippen molar-refractivity contribution in [3.05, 3.63) is 33.8 Å². The lowest BCUT2D eigenvalue weighted by atomic mass is 10.0. The first-order chi connectivity index (χ1) is 6.56. The van der Waals surface area contributed by atoms with Crippen molar-refractivity contribution in [3.63, 3.8) is 0 Å². The first-order valence-corrected chi connectivity index (χ1v) is 5.08. The van der Waals surface area contributed by atoms with Gasteiger partial charge in [0.2, 0.25) is 5.91 Å². The maximum absolute atomic E-state index is 11.3. The van der Waals surface area contributed by atoms with Crippen LogP contribution in [0, 0.1) is 6.92 Å². The van der Waals surface area contributed by atoms with Gasteiger partial charge in [0.05, 0.1) is 0 Å². The number of carbonyl (C=O) groups is 1. The average Bonchev–Trinajstić information content (AvgIpc) is 2.19. The van der Waals surface area contributed by atoms with Crippen LogP contribution < -0.4 is 11.1 Å². The topological polar surface area (TPSA) is 55.1 Å². The van der Waals surface area contributed by atoms with Crippen molar-refractivity contribution >= 4 is 21.8 Å². The molecule has 0 aliphatic heterocycles. The van der Waals surface area contributed by atoms with E-state index in [4.69, 9.17) is 5.73 Å². The predicted octanol–water partition coefficient (Wildman–Crippen LogP) is 1.50. The Morgan fingerprint density at radius 1 is 1.57 bits per heavy atom. The molecule has 0 saturated carbocycles. The van der Waals surface area contributed by atoms with Gasteiger partial charge in [-0.05, 0) is 30.2 Å². The van der Waals surface area contributed by atoms with Crippen LogP contribution in [0.5, 0.6) is 0 Å². The van der Waals surface area contributed by atoms with Crippen molar-refractivity contribution in [3.8, 4) is 0 Å². The molecule has 1 aromatic rings. The lowest BCUT2D eigenvalue weighted by Crippen LogP contribution is -2.31. The largest absolute Gasteiger partial charge is 0.358 e. The third kappa shape index (κ3) is 2.33. The predicted molar refractivity (Wildman–Crippen MR) is 59.9 cm³/mol. The lowest BCUT2D eigenvalue weighted by Gasteiger charge is -2.13. The average molecular weight is 257 g/mol. The summed E-state index contributed by atoms with van der Waals surface area (Å²) in [6.07, 6.45) is 0. The first-order valence-electron chi connectivity index (χ1n) is 4.29. The van der Waals surface area contributed by atoms with Crippen LogP contribution in [0.25, 0.3) is 0 Å². The zero-order valence-corrected chi connectivity index (χ0v) is 9.76. The molecule has 1 rings (SSSR count). The number of hydrogen-bond acceptors (Lipinski definition) is 2. The quantitative estimate of drug-likeness (QED) is 0.843. The number of halogens is 1. The summed E-state index contributed by atoms with van der Waals surface area (Å²) in [6, 6.07) is 5.13. The Morgan fingerprint density at radius 2 is 2.21 bits per heavy atom. The van der Waals surface area contributed by atoms with Crippen LogP contribution >= 0.6 is 15.9 Å². The van der Waals surface area contributed by atoms with E-state index in [2.05, 4.69) is 21.2 Å². The van der Waals surface area contributed by atoms with E-state index in [9.17, 15) is 4.79 Å². The SMILES string of the molecule is CNC(=O)C(N)c1cc(Br)ccc1C. The summed E-state index contributed by atoms with van der Waals surface area (Å²) in [7, 11) is 1.58. The van der Waals surface area contributed by atoms with Crippen molar-refractivity contribution in [2.75, 3.05) is 7.05 Å². The molecule has 4 heteroatoms. The molecule has 0 spiro atoms. The molecule has 1 atom stereocenters. The maximum Gasteiger partial charge on any atom is 0.241 e.